The predicted molar refractivity (Wildman–Crippen MR) is 87.2 cm³/mol. The third kappa shape index (κ3) is 3.46. The third-order valence-electron chi connectivity index (χ3n) is 5.13. The average molecular weight is 314 g/mol. The van der Waals surface area contributed by atoms with Crippen LogP contribution in [-0.4, -0.2) is 45.4 Å². The smallest absolute Gasteiger partial charge is 0.123 e. The van der Waals surface area contributed by atoms with Crippen molar-refractivity contribution in [2.75, 3.05) is 19.6 Å². The molecule has 122 valence electrons. The van der Waals surface area contributed by atoms with Crippen molar-refractivity contribution in [2.24, 2.45) is 5.92 Å². The average Bonchev–Trinajstić information content (AvgIpc) is 2.91. The van der Waals surface area contributed by atoms with Gasteiger partial charge in [0.2, 0.25) is 0 Å². The van der Waals surface area contributed by atoms with Crippen LogP contribution in [0.25, 0.3) is 0 Å². The van der Waals surface area contributed by atoms with Gasteiger partial charge in [0.05, 0.1) is 6.54 Å². The Kier molecular flexibility index (Phi) is 4.14. The minimum Gasteiger partial charge on any atom is -0.348 e. The second-order valence-corrected chi connectivity index (χ2v) is 6.88. The van der Waals surface area contributed by atoms with Crippen LogP contribution >= 0.6 is 0 Å². The summed E-state index contributed by atoms with van der Waals surface area (Å²) in [5.41, 5.74) is 1.20. The number of H-pyrrole nitrogens is 1. The van der Waals surface area contributed by atoms with Gasteiger partial charge in [-0.25, -0.2) is 9.37 Å². The van der Waals surface area contributed by atoms with E-state index < -0.39 is 0 Å². The van der Waals surface area contributed by atoms with E-state index in [0.717, 1.165) is 44.5 Å². The molecule has 0 radical (unpaired) electrons. The molecule has 0 aliphatic carbocycles. The molecule has 4 heterocycles. The van der Waals surface area contributed by atoms with Crippen molar-refractivity contribution in [1.82, 2.24) is 19.8 Å². The molecule has 2 aromatic rings. The highest BCUT2D eigenvalue weighted by Gasteiger charge is 2.34. The van der Waals surface area contributed by atoms with Crippen LogP contribution in [-0.2, 0) is 13.1 Å². The first-order valence-electron chi connectivity index (χ1n) is 8.45. The van der Waals surface area contributed by atoms with Crippen LogP contribution in [0.3, 0.4) is 0 Å². The molecule has 5 heteroatoms. The van der Waals surface area contributed by atoms with Gasteiger partial charge in [-0.3, -0.25) is 9.80 Å². The fourth-order valence-electron chi connectivity index (χ4n) is 4.02. The maximum absolute atomic E-state index is 13.1. The van der Waals surface area contributed by atoms with Crippen molar-refractivity contribution in [2.45, 2.75) is 32.0 Å². The molecule has 5 rings (SSSR count). The summed E-state index contributed by atoms with van der Waals surface area (Å²) < 4.78 is 13.1. The zero-order chi connectivity index (χ0) is 15.6. The van der Waals surface area contributed by atoms with E-state index in [1.54, 1.807) is 12.1 Å². The first-order chi connectivity index (χ1) is 11.3. The van der Waals surface area contributed by atoms with Gasteiger partial charge in [-0.1, -0.05) is 12.1 Å². The highest BCUT2D eigenvalue weighted by Crippen LogP contribution is 2.29. The second kappa shape index (κ2) is 6.42. The molecule has 0 amide bonds. The lowest BCUT2D eigenvalue weighted by Crippen LogP contribution is -2.43. The molecule has 0 unspecified atom stereocenters. The molecule has 3 aliphatic heterocycles. The lowest BCUT2D eigenvalue weighted by molar-refractivity contribution is 0.120. The number of aromatic nitrogens is 2. The molecule has 3 aliphatic rings. The summed E-state index contributed by atoms with van der Waals surface area (Å²) in [6.07, 6.45) is 6.31. The fourth-order valence-corrected chi connectivity index (χ4v) is 4.02. The molecule has 3 fully saturated rings. The van der Waals surface area contributed by atoms with Crippen molar-refractivity contribution < 1.29 is 4.39 Å². The van der Waals surface area contributed by atoms with Gasteiger partial charge in [0.25, 0.3) is 0 Å². The number of nitrogens with zero attached hydrogens (tertiary/aromatic N) is 3. The van der Waals surface area contributed by atoms with Gasteiger partial charge in [0.1, 0.15) is 11.6 Å². The Labute approximate surface area is 136 Å². The van der Waals surface area contributed by atoms with E-state index in [4.69, 9.17) is 0 Å². The molecular weight excluding hydrogens is 291 g/mol. The van der Waals surface area contributed by atoms with Gasteiger partial charge in [0.15, 0.2) is 0 Å². The Hall–Kier alpha value is -1.72. The maximum atomic E-state index is 13.1. The van der Waals surface area contributed by atoms with E-state index in [1.807, 2.05) is 24.5 Å². The minimum absolute atomic E-state index is 0.158. The largest absolute Gasteiger partial charge is 0.348 e. The van der Waals surface area contributed by atoms with Crippen LogP contribution in [0, 0.1) is 11.7 Å². The summed E-state index contributed by atoms with van der Waals surface area (Å²) >= 11 is 0. The Morgan fingerprint density at radius 3 is 2.74 bits per heavy atom. The summed E-state index contributed by atoms with van der Waals surface area (Å²) in [7, 11) is 0. The van der Waals surface area contributed by atoms with Gasteiger partial charge in [-0.15, -0.1) is 0 Å². The SMILES string of the molecule is Fc1ccc(CN2C[C@H]3CC[C@@H](C2)N(Cc2ncc[nH]2)C3)cc1. The quantitative estimate of drug-likeness (QED) is 0.942. The summed E-state index contributed by atoms with van der Waals surface area (Å²) in [6, 6.07) is 7.53. The van der Waals surface area contributed by atoms with E-state index in [-0.39, 0.29) is 5.82 Å². The number of fused-ring (bicyclic) bond motifs is 4. The van der Waals surface area contributed by atoms with Gasteiger partial charge in [-0.2, -0.15) is 0 Å². The van der Waals surface area contributed by atoms with Crippen LogP contribution in [0.4, 0.5) is 4.39 Å². The Morgan fingerprint density at radius 2 is 1.96 bits per heavy atom. The minimum atomic E-state index is -0.158. The summed E-state index contributed by atoms with van der Waals surface area (Å²) in [6.45, 7) is 5.23. The number of rotatable bonds is 4. The molecule has 0 saturated carbocycles. The van der Waals surface area contributed by atoms with Gasteiger partial charge < -0.3 is 4.98 Å². The monoisotopic (exact) mass is 314 g/mol. The Balaban J connectivity index is 1.43. The van der Waals surface area contributed by atoms with Crippen LogP contribution < -0.4 is 0 Å². The highest BCUT2D eigenvalue weighted by molar-refractivity contribution is 5.16. The van der Waals surface area contributed by atoms with Crippen LogP contribution in [0.1, 0.15) is 24.2 Å². The van der Waals surface area contributed by atoms with Gasteiger partial charge >= 0.3 is 0 Å². The van der Waals surface area contributed by atoms with E-state index in [2.05, 4.69) is 19.8 Å². The second-order valence-electron chi connectivity index (χ2n) is 6.88. The molecule has 2 atom stereocenters. The number of piperidine rings is 1. The van der Waals surface area contributed by atoms with E-state index in [9.17, 15) is 4.39 Å². The van der Waals surface area contributed by atoms with E-state index in [1.165, 1.54) is 18.4 Å². The maximum Gasteiger partial charge on any atom is 0.123 e. The number of nitrogens with one attached hydrogen (secondary N) is 1. The molecule has 0 spiro atoms. The first-order valence-corrected chi connectivity index (χ1v) is 8.45. The number of aromatic amines is 1. The number of imidazole rings is 1. The van der Waals surface area contributed by atoms with Crippen molar-refractivity contribution in [3.05, 3.63) is 53.9 Å². The topological polar surface area (TPSA) is 35.2 Å². The summed E-state index contributed by atoms with van der Waals surface area (Å²) in [4.78, 5) is 12.7. The van der Waals surface area contributed by atoms with Crippen LogP contribution in [0.15, 0.2) is 36.7 Å². The molecule has 3 saturated heterocycles. The molecular formula is C18H23FN4. The van der Waals surface area contributed by atoms with Gasteiger partial charge in [0, 0.05) is 44.6 Å². The standard InChI is InChI=1S/C18H23FN4/c19-16-4-1-14(2-5-16)9-22-10-15-3-6-17(12-22)23(11-15)13-18-20-7-8-21-18/h1-2,4-5,7-8,15,17H,3,6,9-13H2,(H,20,21)/t15-,17+/m1/s1. The van der Waals surface area contributed by atoms with Crippen molar-refractivity contribution in [3.63, 3.8) is 0 Å². The van der Waals surface area contributed by atoms with Crippen molar-refractivity contribution in [1.29, 1.82) is 0 Å². The number of hydrogen-bond acceptors (Lipinski definition) is 3. The zero-order valence-corrected chi connectivity index (χ0v) is 13.3. The normalized spacial score (nSPS) is 25.6. The molecule has 1 aromatic carbocycles. The molecule has 23 heavy (non-hydrogen) atoms. The van der Waals surface area contributed by atoms with Crippen molar-refractivity contribution >= 4 is 0 Å². The van der Waals surface area contributed by atoms with Crippen LogP contribution in [0.2, 0.25) is 0 Å². The third-order valence-corrected chi connectivity index (χ3v) is 5.13. The molecule has 1 N–H and O–H groups in total. The molecule has 2 bridgehead atoms. The Morgan fingerprint density at radius 1 is 1.09 bits per heavy atom. The Bertz CT molecular complexity index is 625. The number of hydrogen-bond donors (Lipinski definition) is 1. The number of benzene rings is 1. The first kappa shape index (κ1) is 14.8. The lowest BCUT2D eigenvalue weighted by atomic mass is 9.95. The number of halogens is 1. The lowest BCUT2D eigenvalue weighted by Gasteiger charge is -2.35. The highest BCUT2D eigenvalue weighted by atomic mass is 19.1. The molecule has 4 nitrogen and oxygen atoms in total. The summed E-state index contributed by atoms with van der Waals surface area (Å²) in [5, 5.41) is 0. The molecule has 1 aromatic heterocycles. The van der Waals surface area contributed by atoms with Gasteiger partial charge in [-0.05, 0) is 36.5 Å². The van der Waals surface area contributed by atoms with Crippen molar-refractivity contribution in [3.8, 4) is 0 Å². The van der Waals surface area contributed by atoms with E-state index >= 15 is 0 Å². The summed E-state index contributed by atoms with van der Waals surface area (Å²) in [5.74, 6) is 1.63. The zero-order valence-electron chi connectivity index (χ0n) is 13.3. The predicted octanol–water partition coefficient (Wildman–Crippen LogP) is 2.65. The van der Waals surface area contributed by atoms with E-state index in [0.29, 0.717) is 6.04 Å². The fraction of sp³-hybridized carbons (Fsp3) is 0.500. The van der Waals surface area contributed by atoms with Crippen LogP contribution in [0.5, 0.6) is 0 Å².